The Hall–Kier alpha value is -0.0800. The lowest BCUT2D eigenvalue weighted by Crippen LogP contribution is -2.27. The third-order valence-electron chi connectivity index (χ3n) is 4.06. The standard InChI is InChI=1S/C16H34N2/c1-3-5-6-7-8-9-12-18-13-10-16(15-18)14-17-11-4-2/h16-17H,3-15H2,1-2H3. The van der Waals surface area contributed by atoms with Gasteiger partial charge in [0.05, 0.1) is 0 Å². The normalized spacial score (nSPS) is 20.7. The average molecular weight is 254 g/mol. The molecule has 1 unspecified atom stereocenters. The minimum Gasteiger partial charge on any atom is -0.316 e. The molecule has 1 aliphatic heterocycles. The lowest BCUT2D eigenvalue weighted by atomic mass is 10.1. The van der Waals surface area contributed by atoms with Crippen molar-refractivity contribution >= 4 is 0 Å². The number of likely N-dealkylation sites (tertiary alicyclic amines) is 1. The molecule has 1 fully saturated rings. The van der Waals surface area contributed by atoms with Gasteiger partial charge in [-0.15, -0.1) is 0 Å². The van der Waals surface area contributed by atoms with Crippen LogP contribution in [0.1, 0.15) is 65.2 Å². The molecule has 1 atom stereocenters. The molecule has 108 valence electrons. The van der Waals surface area contributed by atoms with Crippen LogP contribution in [0, 0.1) is 5.92 Å². The molecule has 0 aliphatic carbocycles. The first-order chi connectivity index (χ1) is 8.86. The molecule has 2 heteroatoms. The Labute approximate surface area is 115 Å². The number of unbranched alkanes of at least 4 members (excludes halogenated alkanes) is 5. The van der Waals surface area contributed by atoms with Crippen LogP contribution in [0.2, 0.25) is 0 Å². The molecule has 1 rings (SSSR count). The van der Waals surface area contributed by atoms with Crippen molar-refractivity contribution in [2.75, 3.05) is 32.7 Å². The van der Waals surface area contributed by atoms with Crippen molar-refractivity contribution in [1.82, 2.24) is 10.2 Å². The highest BCUT2D eigenvalue weighted by Gasteiger charge is 2.21. The first kappa shape index (κ1) is 16.0. The van der Waals surface area contributed by atoms with Crippen LogP contribution in [0.5, 0.6) is 0 Å². The van der Waals surface area contributed by atoms with E-state index in [0.717, 1.165) is 5.92 Å². The molecule has 1 heterocycles. The summed E-state index contributed by atoms with van der Waals surface area (Å²) >= 11 is 0. The van der Waals surface area contributed by atoms with Gasteiger partial charge in [0.25, 0.3) is 0 Å². The van der Waals surface area contributed by atoms with Crippen molar-refractivity contribution in [3.8, 4) is 0 Å². The zero-order valence-electron chi connectivity index (χ0n) is 12.7. The molecule has 18 heavy (non-hydrogen) atoms. The average Bonchev–Trinajstić information content (AvgIpc) is 2.82. The quantitative estimate of drug-likeness (QED) is 0.566. The van der Waals surface area contributed by atoms with Crippen molar-refractivity contribution < 1.29 is 0 Å². The van der Waals surface area contributed by atoms with Crippen LogP contribution in [0.25, 0.3) is 0 Å². The topological polar surface area (TPSA) is 15.3 Å². The van der Waals surface area contributed by atoms with Crippen molar-refractivity contribution in [3.63, 3.8) is 0 Å². The van der Waals surface area contributed by atoms with E-state index in [9.17, 15) is 0 Å². The van der Waals surface area contributed by atoms with Crippen LogP contribution in [-0.4, -0.2) is 37.6 Å². The summed E-state index contributed by atoms with van der Waals surface area (Å²) in [5.74, 6) is 0.914. The van der Waals surface area contributed by atoms with Gasteiger partial charge in [-0.2, -0.15) is 0 Å². The maximum atomic E-state index is 3.56. The highest BCUT2D eigenvalue weighted by atomic mass is 15.1. The van der Waals surface area contributed by atoms with E-state index in [0.29, 0.717) is 0 Å². The van der Waals surface area contributed by atoms with E-state index in [-0.39, 0.29) is 0 Å². The summed E-state index contributed by atoms with van der Waals surface area (Å²) < 4.78 is 0. The summed E-state index contributed by atoms with van der Waals surface area (Å²) in [5.41, 5.74) is 0. The Balaban J connectivity index is 1.91. The predicted molar refractivity (Wildman–Crippen MR) is 81.1 cm³/mol. The van der Waals surface area contributed by atoms with Gasteiger partial charge in [-0.25, -0.2) is 0 Å². The van der Waals surface area contributed by atoms with Crippen molar-refractivity contribution in [3.05, 3.63) is 0 Å². The SMILES string of the molecule is CCCCCCCCN1CCC(CNCCC)C1. The first-order valence-corrected chi connectivity index (χ1v) is 8.29. The number of hydrogen-bond acceptors (Lipinski definition) is 2. The molecule has 1 N–H and O–H groups in total. The molecule has 0 aromatic rings. The van der Waals surface area contributed by atoms with Gasteiger partial charge in [0.15, 0.2) is 0 Å². The van der Waals surface area contributed by atoms with E-state index in [2.05, 4.69) is 24.1 Å². The highest BCUT2D eigenvalue weighted by Crippen LogP contribution is 2.16. The van der Waals surface area contributed by atoms with Gasteiger partial charge in [-0.3, -0.25) is 0 Å². The number of nitrogens with zero attached hydrogens (tertiary/aromatic N) is 1. The summed E-state index contributed by atoms with van der Waals surface area (Å²) in [6.45, 7) is 11.0. The summed E-state index contributed by atoms with van der Waals surface area (Å²) in [7, 11) is 0. The van der Waals surface area contributed by atoms with Crippen molar-refractivity contribution in [2.45, 2.75) is 65.2 Å². The Morgan fingerprint density at radius 2 is 1.78 bits per heavy atom. The molecule has 2 nitrogen and oxygen atoms in total. The molecular formula is C16H34N2. The monoisotopic (exact) mass is 254 g/mol. The van der Waals surface area contributed by atoms with E-state index in [1.54, 1.807) is 0 Å². The van der Waals surface area contributed by atoms with Gasteiger partial charge in [-0.1, -0.05) is 46.0 Å². The smallest absolute Gasteiger partial charge is 0.00223 e. The molecule has 0 spiro atoms. The molecular weight excluding hydrogens is 220 g/mol. The maximum absolute atomic E-state index is 3.56. The summed E-state index contributed by atoms with van der Waals surface area (Å²) in [5, 5.41) is 3.56. The van der Waals surface area contributed by atoms with Gasteiger partial charge in [0, 0.05) is 6.54 Å². The summed E-state index contributed by atoms with van der Waals surface area (Å²) in [6, 6.07) is 0. The lowest BCUT2D eigenvalue weighted by molar-refractivity contribution is 0.312. The third-order valence-corrected chi connectivity index (χ3v) is 4.06. The molecule has 0 aromatic heterocycles. The summed E-state index contributed by atoms with van der Waals surface area (Å²) in [6.07, 6.45) is 11.2. The van der Waals surface area contributed by atoms with Crippen LogP contribution >= 0.6 is 0 Å². The molecule has 0 radical (unpaired) electrons. The minimum absolute atomic E-state index is 0.914. The van der Waals surface area contributed by atoms with E-state index < -0.39 is 0 Å². The fraction of sp³-hybridized carbons (Fsp3) is 1.00. The van der Waals surface area contributed by atoms with Crippen LogP contribution in [0.3, 0.4) is 0 Å². The van der Waals surface area contributed by atoms with E-state index in [1.807, 2.05) is 0 Å². The molecule has 0 bridgehead atoms. The molecule has 1 aliphatic rings. The summed E-state index contributed by atoms with van der Waals surface area (Å²) in [4.78, 5) is 2.68. The van der Waals surface area contributed by atoms with Gasteiger partial charge in [0.1, 0.15) is 0 Å². The molecule has 1 saturated heterocycles. The number of hydrogen-bond donors (Lipinski definition) is 1. The van der Waals surface area contributed by atoms with E-state index >= 15 is 0 Å². The molecule has 0 aromatic carbocycles. The Bertz CT molecular complexity index is 182. The number of rotatable bonds is 11. The zero-order valence-corrected chi connectivity index (χ0v) is 12.7. The first-order valence-electron chi connectivity index (χ1n) is 8.29. The van der Waals surface area contributed by atoms with Gasteiger partial charge in [0.2, 0.25) is 0 Å². The predicted octanol–water partition coefficient (Wildman–Crippen LogP) is 3.67. The van der Waals surface area contributed by atoms with E-state index in [4.69, 9.17) is 0 Å². The van der Waals surface area contributed by atoms with Gasteiger partial charge < -0.3 is 10.2 Å². The second-order valence-corrected chi connectivity index (χ2v) is 5.93. The van der Waals surface area contributed by atoms with Crippen LogP contribution < -0.4 is 5.32 Å². The Morgan fingerprint density at radius 3 is 2.56 bits per heavy atom. The maximum Gasteiger partial charge on any atom is 0.00223 e. The van der Waals surface area contributed by atoms with Crippen molar-refractivity contribution in [1.29, 1.82) is 0 Å². The van der Waals surface area contributed by atoms with Gasteiger partial charge >= 0.3 is 0 Å². The number of nitrogens with one attached hydrogen (secondary N) is 1. The zero-order chi connectivity index (χ0) is 13.1. The van der Waals surface area contributed by atoms with Gasteiger partial charge in [-0.05, 0) is 51.4 Å². The van der Waals surface area contributed by atoms with Crippen LogP contribution in [0.4, 0.5) is 0 Å². The second kappa shape index (κ2) is 10.8. The van der Waals surface area contributed by atoms with Crippen LogP contribution in [0.15, 0.2) is 0 Å². The molecule has 0 amide bonds. The fourth-order valence-electron chi connectivity index (χ4n) is 2.88. The third kappa shape index (κ3) is 7.38. The van der Waals surface area contributed by atoms with Crippen molar-refractivity contribution in [2.24, 2.45) is 5.92 Å². The van der Waals surface area contributed by atoms with E-state index in [1.165, 1.54) is 84.1 Å². The highest BCUT2D eigenvalue weighted by molar-refractivity contribution is 4.76. The Kier molecular flexibility index (Phi) is 9.59. The fourth-order valence-corrected chi connectivity index (χ4v) is 2.88. The lowest BCUT2D eigenvalue weighted by Gasteiger charge is -2.16. The minimum atomic E-state index is 0.914. The molecule has 0 saturated carbocycles. The second-order valence-electron chi connectivity index (χ2n) is 5.93. The Morgan fingerprint density at radius 1 is 1.00 bits per heavy atom. The largest absolute Gasteiger partial charge is 0.316 e. The van der Waals surface area contributed by atoms with Crippen LogP contribution in [-0.2, 0) is 0 Å².